The Morgan fingerprint density at radius 1 is 0.828 bits per heavy atom. The van der Waals surface area contributed by atoms with E-state index < -0.39 is 22.0 Å². The summed E-state index contributed by atoms with van der Waals surface area (Å²) in [6, 6.07) is 26.4. The van der Waals surface area contributed by atoms with Gasteiger partial charge in [0.05, 0.1) is 29.7 Å². The standard InChI is InChI=1S/C23H24N2O3S/c24-19-11-13-20(14-12-19)25(21-15-29(27,28)16-22(21)26)23(17-7-3-1-4-8-17)18-9-5-2-6-10-18/h1-14,21-23,26H,15-16,24H2/t21-,22-/m0/s1. The van der Waals surface area contributed by atoms with Crippen LogP contribution in [-0.2, 0) is 9.84 Å². The Bertz CT molecular complexity index is 1010. The normalized spacial score (nSPS) is 20.6. The number of rotatable bonds is 5. The van der Waals surface area contributed by atoms with Crippen molar-refractivity contribution in [2.45, 2.75) is 18.2 Å². The number of sulfone groups is 1. The zero-order valence-corrected chi connectivity index (χ0v) is 16.7. The molecule has 0 bridgehead atoms. The van der Waals surface area contributed by atoms with Crippen molar-refractivity contribution in [1.82, 2.24) is 0 Å². The molecule has 0 aliphatic carbocycles. The van der Waals surface area contributed by atoms with Gasteiger partial charge in [-0.2, -0.15) is 0 Å². The predicted molar refractivity (Wildman–Crippen MR) is 117 cm³/mol. The van der Waals surface area contributed by atoms with Crippen molar-refractivity contribution >= 4 is 21.2 Å². The molecule has 0 unspecified atom stereocenters. The van der Waals surface area contributed by atoms with Crippen LogP contribution in [0.25, 0.3) is 0 Å². The van der Waals surface area contributed by atoms with Gasteiger partial charge in [0.1, 0.15) is 0 Å². The maximum Gasteiger partial charge on any atom is 0.155 e. The van der Waals surface area contributed by atoms with E-state index in [0.717, 1.165) is 16.8 Å². The maximum absolute atomic E-state index is 12.3. The smallest absolute Gasteiger partial charge is 0.155 e. The van der Waals surface area contributed by atoms with Gasteiger partial charge in [0.2, 0.25) is 0 Å². The molecule has 0 saturated carbocycles. The summed E-state index contributed by atoms with van der Waals surface area (Å²) in [5.41, 5.74) is 9.37. The van der Waals surface area contributed by atoms with Gasteiger partial charge in [-0.15, -0.1) is 0 Å². The first-order valence-corrected chi connectivity index (χ1v) is 11.4. The molecule has 3 N–H and O–H groups in total. The van der Waals surface area contributed by atoms with E-state index in [9.17, 15) is 13.5 Å². The van der Waals surface area contributed by atoms with E-state index in [2.05, 4.69) is 0 Å². The molecule has 1 aliphatic heterocycles. The molecule has 0 radical (unpaired) electrons. The fourth-order valence-electron chi connectivity index (χ4n) is 4.04. The Hall–Kier alpha value is -2.83. The predicted octanol–water partition coefficient (Wildman–Crippen LogP) is 3.02. The van der Waals surface area contributed by atoms with Crippen LogP contribution in [0, 0.1) is 0 Å². The first-order chi connectivity index (χ1) is 13.9. The highest BCUT2D eigenvalue weighted by molar-refractivity contribution is 7.91. The van der Waals surface area contributed by atoms with Gasteiger partial charge in [0, 0.05) is 11.4 Å². The molecule has 2 atom stereocenters. The molecule has 6 heteroatoms. The summed E-state index contributed by atoms with van der Waals surface area (Å²) in [5, 5.41) is 10.7. The van der Waals surface area contributed by atoms with Crippen molar-refractivity contribution in [3.8, 4) is 0 Å². The fraction of sp³-hybridized carbons (Fsp3) is 0.217. The van der Waals surface area contributed by atoms with Crippen molar-refractivity contribution in [2.24, 2.45) is 0 Å². The van der Waals surface area contributed by atoms with Crippen LogP contribution >= 0.6 is 0 Å². The lowest BCUT2D eigenvalue weighted by atomic mass is 9.94. The molecular weight excluding hydrogens is 384 g/mol. The Labute approximate surface area is 171 Å². The number of hydrogen-bond acceptors (Lipinski definition) is 5. The van der Waals surface area contributed by atoms with E-state index in [-0.39, 0.29) is 17.5 Å². The number of nitrogens with zero attached hydrogens (tertiary/aromatic N) is 1. The molecule has 3 aromatic carbocycles. The Morgan fingerprint density at radius 2 is 1.34 bits per heavy atom. The van der Waals surface area contributed by atoms with Crippen molar-refractivity contribution in [1.29, 1.82) is 0 Å². The van der Waals surface area contributed by atoms with Gasteiger partial charge in [-0.25, -0.2) is 8.42 Å². The summed E-state index contributed by atoms with van der Waals surface area (Å²) < 4.78 is 24.7. The molecular formula is C23H24N2O3S. The van der Waals surface area contributed by atoms with Gasteiger partial charge in [-0.05, 0) is 35.4 Å². The molecule has 1 fully saturated rings. The molecule has 0 spiro atoms. The Morgan fingerprint density at radius 3 is 1.79 bits per heavy atom. The Kier molecular flexibility index (Phi) is 5.30. The van der Waals surface area contributed by atoms with Gasteiger partial charge in [-0.1, -0.05) is 60.7 Å². The van der Waals surface area contributed by atoms with Crippen molar-refractivity contribution in [3.05, 3.63) is 96.1 Å². The van der Waals surface area contributed by atoms with E-state index in [1.165, 1.54) is 0 Å². The van der Waals surface area contributed by atoms with Gasteiger partial charge < -0.3 is 15.7 Å². The summed E-state index contributed by atoms with van der Waals surface area (Å²) >= 11 is 0. The highest BCUT2D eigenvalue weighted by Crippen LogP contribution is 2.37. The summed E-state index contributed by atoms with van der Waals surface area (Å²) in [7, 11) is -3.32. The summed E-state index contributed by atoms with van der Waals surface area (Å²) in [4.78, 5) is 2.03. The number of nitrogen functional groups attached to an aromatic ring is 1. The van der Waals surface area contributed by atoms with Crippen LogP contribution in [0.2, 0.25) is 0 Å². The van der Waals surface area contributed by atoms with Crippen LogP contribution in [-0.4, -0.2) is 37.2 Å². The zero-order valence-electron chi connectivity index (χ0n) is 15.9. The molecule has 1 saturated heterocycles. The van der Waals surface area contributed by atoms with Crippen LogP contribution in [0.1, 0.15) is 17.2 Å². The highest BCUT2D eigenvalue weighted by atomic mass is 32.2. The minimum absolute atomic E-state index is 0.0886. The van der Waals surface area contributed by atoms with E-state index in [1.807, 2.05) is 77.7 Å². The monoisotopic (exact) mass is 408 g/mol. The highest BCUT2D eigenvalue weighted by Gasteiger charge is 2.43. The second kappa shape index (κ2) is 7.89. The summed E-state index contributed by atoms with van der Waals surface area (Å²) in [6.45, 7) is 0. The van der Waals surface area contributed by atoms with Crippen LogP contribution in [0.3, 0.4) is 0 Å². The van der Waals surface area contributed by atoms with Gasteiger partial charge in [0.15, 0.2) is 9.84 Å². The molecule has 4 rings (SSSR count). The van der Waals surface area contributed by atoms with Crippen molar-refractivity contribution in [2.75, 3.05) is 22.1 Å². The second-order valence-corrected chi connectivity index (χ2v) is 9.59. The van der Waals surface area contributed by atoms with Crippen LogP contribution in [0.4, 0.5) is 11.4 Å². The molecule has 0 amide bonds. The summed E-state index contributed by atoms with van der Waals surface area (Å²) in [6.07, 6.45) is -0.965. The largest absolute Gasteiger partial charge is 0.399 e. The van der Waals surface area contributed by atoms with Gasteiger partial charge in [0.25, 0.3) is 0 Å². The fourth-order valence-corrected chi connectivity index (χ4v) is 5.82. The third-order valence-corrected chi connectivity index (χ3v) is 7.05. The topological polar surface area (TPSA) is 83.6 Å². The van der Waals surface area contributed by atoms with Crippen molar-refractivity contribution < 1.29 is 13.5 Å². The van der Waals surface area contributed by atoms with Gasteiger partial charge >= 0.3 is 0 Å². The lowest BCUT2D eigenvalue weighted by molar-refractivity contribution is 0.175. The number of nitrogens with two attached hydrogens (primary N) is 1. The van der Waals surface area contributed by atoms with Crippen LogP contribution in [0.15, 0.2) is 84.9 Å². The SMILES string of the molecule is Nc1ccc(N(C(c2ccccc2)c2ccccc2)[C@H]2CS(=O)(=O)C[C@@H]2O)cc1. The second-order valence-electron chi connectivity index (χ2n) is 7.43. The zero-order chi connectivity index (χ0) is 20.4. The van der Waals surface area contributed by atoms with E-state index in [4.69, 9.17) is 5.73 Å². The molecule has 1 aliphatic rings. The number of aliphatic hydroxyl groups excluding tert-OH is 1. The van der Waals surface area contributed by atoms with Gasteiger partial charge in [-0.3, -0.25) is 0 Å². The minimum Gasteiger partial charge on any atom is -0.399 e. The summed E-state index contributed by atoms with van der Waals surface area (Å²) in [5.74, 6) is -0.311. The lowest BCUT2D eigenvalue weighted by Gasteiger charge is -2.40. The van der Waals surface area contributed by atoms with Crippen LogP contribution < -0.4 is 10.6 Å². The molecule has 5 nitrogen and oxygen atoms in total. The van der Waals surface area contributed by atoms with E-state index in [0.29, 0.717) is 5.69 Å². The average Bonchev–Trinajstić information content (AvgIpc) is 3.00. The molecule has 3 aromatic rings. The number of benzene rings is 3. The Balaban J connectivity index is 1.90. The number of aliphatic hydroxyl groups is 1. The van der Waals surface area contributed by atoms with Crippen LogP contribution in [0.5, 0.6) is 0 Å². The first kappa shape index (κ1) is 19.5. The lowest BCUT2D eigenvalue weighted by Crippen LogP contribution is -2.46. The molecule has 29 heavy (non-hydrogen) atoms. The average molecular weight is 409 g/mol. The van der Waals surface area contributed by atoms with Crippen molar-refractivity contribution in [3.63, 3.8) is 0 Å². The maximum atomic E-state index is 12.3. The third-order valence-electron chi connectivity index (χ3n) is 5.35. The molecule has 0 aromatic heterocycles. The number of hydrogen-bond donors (Lipinski definition) is 2. The quantitative estimate of drug-likeness (QED) is 0.634. The first-order valence-electron chi connectivity index (χ1n) is 9.57. The number of anilines is 2. The third kappa shape index (κ3) is 4.13. The van der Waals surface area contributed by atoms with E-state index >= 15 is 0 Å². The molecule has 150 valence electrons. The molecule has 1 heterocycles. The van der Waals surface area contributed by atoms with E-state index in [1.54, 1.807) is 12.1 Å². The minimum atomic E-state index is -3.32.